The fourth-order valence-corrected chi connectivity index (χ4v) is 3.51. The van der Waals surface area contributed by atoms with Crippen LogP contribution in [0.4, 0.5) is 0 Å². The van der Waals surface area contributed by atoms with E-state index in [0.29, 0.717) is 23.2 Å². The Morgan fingerprint density at radius 2 is 2.32 bits per heavy atom. The number of nitrogens with zero attached hydrogens (tertiary/aromatic N) is 2. The van der Waals surface area contributed by atoms with Gasteiger partial charge < -0.3 is 9.51 Å². The van der Waals surface area contributed by atoms with Crippen LogP contribution in [0, 0.1) is 13.8 Å². The molecular formula is C15H15N3O2S2. The van der Waals surface area contributed by atoms with Crippen molar-refractivity contribution >= 4 is 28.9 Å². The third kappa shape index (κ3) is 3.31. The molecule has 0 radical (unpaired) electrons. The van der Waals surface area contributed by atoms with Gasteiger partial charge >= 0.3 is 0 Å². The van der Waals surface area contributed by atoms with Gasteiger partial charge in [-0.2, -0.15) is 16.3 Å². The van der Waals surface area contributed by atoms with Crippen molar-refractivity contribution in [1.82, 2.24) is 15.1 Å². The van der Waals surface area contributed by atoms with Crippen molar-refractivity contribution in [2.24, 2.45) is 0 Å². The number of nitrogens with one attached hydrogen (secondary N) is 1. The second-order valence-corrected chi connectivity index (χ2v) is 6.70. The molecule has 3 aromatic rings. The molecule has 0 aliphatic rings. The lowest BCUT2D eigenvalue weighted by Gasteiger charge is -1.98. The first-order chi connectivity index (χ1) is 10.6. The molecule has 5 nitrogen and oxygen atoms in total. The molecule has 3 rings (SSSR count). The third-order valence-electron chi connectivity index (χ3n) is 3.15. The fourth-order valence-electron chi connectivity index (χ4n) is 2.14. The first kappa shape index (κ1) is 15.1. The second-order valence-electron chi connectivity index (χ2n) is 4.93. The number of thioether (sulfide) groups is 1. The molecule has 0 spiro atoms. The number of carbonyl (C=O) groups is 1. The molecule has 0 aliphatic carbocycles. The van der Waals surface area contributed by atoms with Gasteiger partial charge in [-0.15, -0.1) is 11.8 Å². The molecule has 0 bridgehead atoms. The van der Waals surface area contributed by atoms with E-state index in [4.69, 9.17) is 4.52 Å². The van der Waals surface area contributed by atoms with E-state index in [9.17, 15) is 4.79 Å². The van der Waals surface area contributed by atoms with Crippen molar-refractivity contribution in [3.63, 3.8) is 0 Å². The van der Waals surface area contributed by atoms with Crippen molar-refractivity contribution in [1.29, 1.82) is 0 Å². The topological polar surface area (TPSA) is 71.8 Å². The van der Waals surface area contributed by atoms with Crippen molar-refractivity contribution in [2.45, 2.75) is 19.6 Å². The number of Topliss-reactive ketones (excluding diaryl/α,β-unsaturated/α-hetero) is 1. The lowest BCUT2D eigenvalue weighted by atomic mass is 10.2. The summed E-state index contributed by atoms with van der Waals surface area (Å²) in [6.07, 6.45) is 0. The fraction of sp³-hybridized carbons (Fsp3) is 0.267. The highest BCUT2D eigenvalue weighted by Gasteiger charge is 2.13. The quantitative estimate of drug-likeness (QED) is 0.694. The number of aromatic amines is 1. The molecule has 3 heterocycles. The third-order valence-corrected chi connectivity index (χ3v) is 4.76. The minimum Gasteiger partial charge on any atom is -0.362 e. The van der Waals surface area contributed by atoms with E-state index in [1.54, 1.807) is 11.3 Å². The van der Waals surface area contributed by atoms with E-state index in [2.05, 4.69) is 15.1 Å². The maximum atomic E-state index is 12.2. The molecule has 0 aliphatic heterocycles. The van der Waals surface area contributed by atoms with Crippen LogP contribution < -0.4 is 0 Å². The normalized spacial score (nSPS) is 11.0. The number of thiophene rings is 1. The maximum absolute atomic E-state index is 12.2. The van der Waals surface area contributed by atoms with Crippen LogP contribution in [0.25, 0.3) is 11.5 Å². The highest BCUT2D eigenvalue weighted by molar-refractivity contribution is 7.99. The van der Waals surface area contributed by atoms with Crippen LogP contribution in [-0.4, -0.2) is 26.7 Å². The van der Waals surface area contributed by atoms with Crippen molar-refractivity contribution < 1.29 is 9.32 Å². The summed E-state index contributed by atoms with van der Waals surface area (Å²) in [5.41, 5.74) is 3.62. The Morgan fingerprint density at radius 1 is 1.45 bits per heavy atom. The van der Waals surface area contributed by atoms with Gasteiger partial charge in [0.25, 0.3) is 5.89 Å². The van der Waals surface area contributed by atoms with Crippen molar-refractivity contribution in [3.05, 3.63) is 45.7 Å². The molecule has 22 heavy (non-hydrogen) atoms. The van der Waals surface area contributed by atoms with Gasteiger partial charge in [-0.25, -0.2) is 0 Å². The Labute approximate surface area is 136 Å². The molecule has 0 amide bonds. The largest absolute Gasteiger partial charge is 0.362 e. The number of H-pyrrole nitrogens is 1. The summed E-state index contributed by atoms with van der Waals surface area (Å²) in [4.78, 5) is 19.6. The highest BCUT2D eigenvalue weighted by atomic mass is 32.2. The van der Waals surface area contributed by atoms with Crippen LogP contribution >= 0.6 is 23.1 Å². The van der Waals surface area contributed by atoms with Crippen molar-refractivity contribution in [3.8, 4) is 11.5 Å². The van der Waals surface area contributed by atoms with E-state index in [-0.39, 0.29) is 5.78 Å². The molecule has 0 saturated carbocycles. The molecule has 7 heteroatoms. The summed E-state index contributed by atoms with van der Waals surface area (Å²) < 4.78 is 5.22. The summed E-state index contributed by atoms with van der Waals surface area (Å²) >= 11 is 3.08. The van der Waals surface area contributed by atoms with Gasteiger partial charge in [0.15, 0.2) is 11.6 Å². The highest BCUT2D eigenvalue weighted by Crippen LogP contribution is 2.21. The predicted octanol–water partition coefficient (Wildman–Crippen LogP) is 3.86. The minimum absolute atomic E-state index is 0.119. The number of hydrogen-bond donors (Lipinski definition) is 1. The Bertz CT molecular complexity index is 775. The van der Waals surface area contributed by atoms with Crippen LogP contribution in [0.15, 0.2) is 27.4 Å². The monoisotopic (exact) mass is 333 g/mol. The van der Waals surface area contributed by atoms with Crippen LogP contribution in [-0.2, 0) is 5.75 Å². The molecule has 0 aromatic carbocycles. The van der Waals surface area contributed by atoms with E-state index in [1.165, 1.54) is 11.8 Å². The molecule has 0 unspecified atom stereocenters. The molecule has 114 valence electrons. The minimum atomic E-state index is 0.119. The number of carbonyl (C=O) groups excluding carboxylic acids is 1. The Morgan fingerprint density at radius 3 is 3.00 bits per heavy atom. The van der Waals surface area contributed by atoms with Gasteiger partial charge in [0.05, 0.1) is 17.1 Å². The van der Waals surface area contributed by atoms with Gasteiger partial charge in [-0.05, 0) is 31.4 Å². The van der Waals surface area contributed by atoms with Gasteiger partial charge in [-0.1, -0.05) is 5.16 Å². The van der Waals surface area contributed by atoms with Gasteiger partial charge in [0, 0.05) is 22.3 Å². The summed E-state index contributed by atoms with van der Waals surface area (Å²) in [5.74, 6) is 2.22. The number of hydrogen-bond acceptors (Lipinski definition) is 6. The molecular weight excluding hydrogens is 318 g/mol. The van der Waals surface area contributed by atoms with Crippen LogP contribution in [0.2, 0.25) is 0 Å². The average Bonchev–Trinajstić information content (AvgIpc) is 3.19. The first-order valence-corrected chi connectivity index (χ1v) is 8.85. The van der Waals surface area contributed by atoms with E-state index in [1.807, 2.05) is 36.7 Å². The predicted molar refractivity (Wildman–Crippen MR) is 88.4 cm³/mol. The van der Waals surface area contributed by atoms with Crippen molar-refractivity contribution in [2.75, 3.05) is 5.75 Å². The number of ketones is 1. The van der Waals surface area contributed by atoms with E-state index in [0.717, 1.165) is 22.5 Å². The van der Waals surface area contributed by atoms with Gasteiger partial charge in [0.2, 0.25) is 0 Å². The van der Waals surface area contributed by atoms with Gasteiger partial charge in [-0.3, -0.25) is 4.79 Å². The molecule has 0 saturated heterocycles. The Hall–Kier alpha value is -1.86. The summed E-state index contributed by atoms with van der Waals surface area (Å²) in [6, 6.07) is 3.83. The number of aromatic nitrogens is 3. The average molecular weight is 333 g/mol. The SMILES string of the molecule is Cc1cc(C(=O)CSCc2noc(-c3ccsc3)n2)c(C)[nH]1. The summed E-state index contributed by atoms with van der Waals surface area (Å²) in [5, 5.41) is 7.87. The summed E-state index contributed by atoms with van der Waals surface area (Å²) in [7, 11) is 0. The lowest BCUT2D eigenvalue weighted by Crippen LogP contribution is -2.03. The summed E-state index contributed by atoms with van der Waals surface area (Å²) in [6.45, 7) is 3.86. The maximum Gasteiger partial charge on any atom is 0.258 e. The van der Waals surface area contributed by atoms with E-state index >= 15 is 0 Å². The number of rotatable bonds is 6. The molecule has 3 aromatic heterocycles. The first-order valence-electron chi connectivity index (χ1n) is 6.76. The van der Waals surface area contributed by atoms with Gasteiger partial charge in [0.1, 0.15) is 0 Å². The smallest absolute Gasteiger partial charge is 0.258 e. The standard InChI is InChI=1S/C15H15N3O2S2/c1-9-5-12(10(2)16-9)13(19)7-22-8-14-17-15(20-18-14)11-3-4-21-6-11/h3-6,16H,7-8H2,1-2H3. The Kier molecular flexibility index (Phi) is 4.44. The lowest BCUT2D eigenvalue weighted by molar-refractivity contribution is 0.102. The zero-order valence-corrected chi connectivity index (χ0v) is 13.9. The van der Waals surface area contributed by atoms with Crippen LogP contribution in [0.1, 0.15) is 27.6 Å². The second kappa shape index (κ2) is 6.50. The van der Waals surface area contributed by atoms with E-state index < -0.39 is 0 Å². The number of aryl methyl sites for hydroxylation is 2. The molecule has 1 N–H and O–H groups in total. The zero-order valence-electron chi connectivity index (χ0n) is 12.3. The zero-order chi connectivity index (χ0) is 15.5. The molecule has 0 fully saturated rings. The molecule has 0 atom stereocenters. The van der Waals surface area contributed by atoms with Crippen LogP contribution in [0.5, 0.6) is 0 Å². The van der Waals surface area contributed by atoms with Crippen LogP contribution in [0.3, 0.4) is 0 Å². The Balaban J connectivity index is 1.55.